The van der Waals surface area contributed by atoms with Gasteiger partial charge in [-0.05, 0) is 55.7 Å². The second-order valence-electron chi connectivity index (χ2n) is 7.01. The highest BCUT2D eigenvalue weighted by atomic mass is 32.2. The topological polar surface area (TPSA) is 75.7 Å². The lowest BCUT2D eigenvalue weighted by atomic mass is 10.0. The Morgan fingerprint density at radius 3 is 2.54 bits per heavy atom. The molecule has 0 aliphatic carbocycles. The molecule has 1 heterocycles. The molecule has 1 fully saturated rings. The maximum Gasteiger partial charge on any atom is 0.243 e. The van der Waals surface area contributed by atoms with Crippen molar-refractivity contribution in [3.63, 3.8) is 0 Å². The number of methoxy groups -OCH3 is 1. The molecule has 1 atom stereocenters. The second kappa shape index (κ2) is 8.75. The van der Waals surface area contributed by atoms with Gasteiger partial charge in [-0.1, -0.05) is 24.6 Å². The first-order valence-electron chi connectivity index (χ1n) is 9.43. The Bertz CT molecular complexity index is 926. The molecule has 2 aromatic rings. The Balaban J connectivity index is 1.75. The molecule has 0 saturated carbocycles. The zero-order chi connectivity index (χ0) is 20.1. The Labute approximate surface area is 166 Å². The van der Waals surface area contributed by atoms with Crippen molar-refractivity contribution in [2.24, 2.45) is 0 Å². The van der Waals surface area contributed by atoms with Crippen LogP contribution in [0.1, 0.15) is 31.2 Å². The molecule has 1 saturated heterocycles. The highest BCUT2D eigenvalue weighted by Gasteiger charge is 2.34. The molecule has 28 heavy (non-hydrogen) atoms. The molecule has 1 N–H and O–H groups in total. The number of amides is 1. The van der Waals surface area contributed by atoms with Crippen LogP contribution in [0.25, 0.3) is 0 Å². The number of hydrogen-bond acceptors (Lipinski definition) is 4. The summed E-state index contributed by atoms with van der Waals surface area (Å²) < 4.78 is 32.9. The van der Waals surface area contributed by atoms with Gasteiger partial charge in [0.1, 0.15) is 5.75 Å². The summed E-state index contributed by atoms with van der Waals surface area (Å²) in [5, 5.41) is 2.91. The lowest BCUT2D eigenvalue weighted by molar-refractivity contribution is -0.117. The van der Waals surface area contributed by atoms with Crippen molar-refractivity contribution in [2.75, 3.05) is 19.0 Å². The van der Waals surface area contributed by atoms with E-state index in [0.717, 1.165) is 24.1 Å². The molecule has 0 spiro atoms. The van der Waals surface area contributed by atoms with Gasteiger partial charge in [0.2, 0.25) is 15.9 Å². The fourth-order valence-corrected chi connectivity index (χ4v) is 5.20. The maximum absolute atomic E-state index is 13.1. The summed E-state index contributed by atoms with van der Waals surface area (Å²) >= 11 is 0. The Kier molecular flexibility index (Phi) is 6.36. The standard InChI is InChI=1S/C21H26N2O4S/c1-16-7-3-4-9-20(16)22-21(24)15-17-8-5-6-14-23(17)28(25,26)19-12-10-18(27-2)11-13-19/h3-4,7,9-13,17H,5-6,8,14-15H2,1-2H3,(H,22,24)/t17-/m1/s1. The summed E-state index contributed by atoms with van der Waals surface area (Å²) in [4.78, 5) is 12.8. The third-order valence-electron chi connectivity index (χ3n) is 5.08. The Morgan fingerprint density at radius 1 is 1.14 bits per heavy atom. The SMILES string of the molecule is COc1ccc(S(=O)(=O)N2CCCC[C@@H]2CC(=O)Nc2ccccc2C)cc1. The number of anilines is 1. The number of nitrogens with one attached hydrogen (secondary N) is 1. The molecule has 0 aromatic heterocycles. The molecular formula is C21H26N2O4S. The first-order chi connectivity index (χ1) is 13.4. The minimum atomic E-state index is -3.67. The third-order valence-corrected chi connectivity index (χ3v) is 7.05. The Hall–Kier alpha value is -2.38. The average molecular weight is 403 g/mol. The smallest absolute Gasteiger partial charge is 0.243 e. The van der Waals surface area contributed by atoms with Crippen molar-refractivity contribution in [3.8, 4) is 5.75 Å². The second-order valence-corrected chi connectivity index (χ2v) is 8.90. The van der Waals surface area contributed by atoms with E-state index < -0.39 is 10.0 Å². The van der Waals surface area contributed by atoms with Crippen molar-refractivity contribution in [3.05, 3.63) is 54.1 Å². The van der Waals surface area contributed by atoms with E-state index in [1.54, 1.807) is 24.3 Å². The van der Waals surface area contributed by atoms with Gasteiger partial charge in [0.25, 0.3) is 0 Å². The minimum Gasteiger partial charge on any atom is -0.497 e. The molecule has 0 unspecified atom stereocenters. The van der Waals surface area contributed by atoms with E-state index in [4.69, 9.17) is 4.74 Å². The molecule has 1 amide bonds. The van der Waals surface area contributed by atoms with Crippen molar-refractivity contribution in [1.82, 2.24) is 4.31 Å². The van der Waals surface area contributed by atoms with Gasteiger partial charge < -0.3 is 10.1 Å². The van der Waals surface area contributed by atoms with Gasteiger partial charge in [-0.2, -0.15) is 4.31 Å². The summed E-state index contributed by atoms with van der Waals surface area (Å²) in [5.41, 5.74) is 1.73. The van der Waals surface area contributed by atoms with Gasteiger partial charge in [0.05, 0.1) is 12.0 Å². The van der Waals surface area contributed by atoms with Gasteiger partial charge in [-0.15, -0.1) is 0 Å². The number of rotatable bonds is 6. The normalized spacial score (nSPS) is 17.9. The van der Waals surface area contributed by atoms with Gasteiger partial charge >= 0.3 is 0 Å². The van der Waals surface area contributed by atoms with Crippen LogP contribution in [0.4, 0.5) is 5.69 Å². The lowest BCUT2D eigenvalue weighted by Crippen LogP contribution is -2.45. The third kappa shape index (κ3) is 4.54. The van der Waals surface area contributed by atoms with E-state index in [0.29, 0.717) is 18.7 Å². The monoisotopic (exact) mass is 402 g/mol. The summed E-state index contributed by atoms with van der Waals surface area (Å²) in [7, 11) is -2.13. The van der Waals surface area contributed by atoms with Gasteiger partial charge in [-0.3, -0.25) is 4.79 Å². The summed E-state index contributed by atoms with van der Waals surface area (Å²) in [6.07, 6.45) is 2.53. The molecular weight excluding hydrogens is 376 g/mol. The molecule has 3 rings (SSSR count). The largest absolute Gasteiger partial charge is 0.497 e. The minimum absolute atomic E-state index is 0.143. The van der Waals surface area contributed by atoms with Crippen LogP contribution in [0, 0.1) is 6.92 Å². The fourth-order valence-electron chi connectivity index (χ4n) is 3.51. The number of carbonyl (C=O) groups excluding carboxylic acids is 1. The van der Waals surface area contributed by atoms with Crippen LogP contribution >= 0.6 is 0 Å². The van der Waals surface area contributed by atoms with Gasteiger partial charge in [-0.25, -0.2) is 8.42 Å². The van der Waals surface area contributed by atoms with Crippen molar-refractivity contribution in [2.45, 2.75) is 43.5 Å². The van der Waals surface area contributed by atoms with E-state index in [2.05, 4.69) is 5.32 Å². The van der Waals surface area contributed by atoms with Crippen molar-refractivity contribution < 1.29 is 17.9 Å². The summed E-state index contributed by atoms with van der Waals surface area (Å²) in [6.45, 7) is 2.35. The van der Waals surface area contributed by atoms with Crippen molar-refractivity contribution >= 4 is 21.6 Å². The number of hydrogen-bond donors (Lipinski definition) is 1. The van der Waals surface area contributed by atoms with E-state index in [1.165, 1.54) is 11.4 Å². The molecule has 1 aliphatic rings. The zero-order valence-corrected chi connectivity index (χ0v) is 17.0. The van der Waals surface area contributed by atoms with Crippen LogP contribution in [0.5, 0.6) is 5.75 Å². The number of piperidine rings is 1. The molecule has 0 radical (unpaired) electrons. The number of sulfonamides is 1. The quantitative estimate of drug-likeness (QED) is 0.801. The fraction of sp³-hybridized carbons (Fsp3) is 0.381. The number of benzene rings is 2. The summed E-state index contributed by atoms with van der Waals surface area (Å²) in [6, 6.07) is 13.6. The van der Waals surface area contributed by atoms with Crippen LogP contribution in [0.3, 0.4) is 0 Å². The number of aryl methyl sites for hydroxylation is 1. The maximum atomic E-state index is 13.1. The number of carbonyl (C=O) groups is 1. The van der Waals surface area contributed by atoms with Crippen molar-refractivity contribution in [1.29, 1.82) is 0 Å². The predicted octanol–water partition coefficient (Wildman–Crippen LogP) is 3.58. The highest BCUT2D eigenvalue weighted by Crippen LogP contribution is 2.28. The zero-order valence-electron chi connectivity index (χ0n) is 16.2. The summed E-state index contributed by atoms with van der Waals surface area (Å²) in [5.74, 6) is 0.433. The van der Waals surface area contributed by atoms with E-state index in [-0.39, 0.29) is 23.3 Å². The van der Waals surface area contributed by atoms with Crippen LogP contribution < -0.4 is 10.1 Å². The number of para-hydroxylation sites is 1. The van der Waals surface area contributed by atoms with E-state index in [9.17, 15) is 13.2 Å². The average Bonchev–Trinajstić information content (AvgIpc) is 2.70. The first-order valence-corrected chi connectivity index (χ1v) is 10.9. The molecule has 1 aliphatic heterocycles. The van der Waals surface area contributed by atoms with Crippen LogP contribution in [-0.4, -0.2) is 38.3 Å². The number of ether oxygens (including phenoxy) is 1. The van der Waals surface area contributed by atoms with E-state index >= 15 is 0 Å². The predicted molar refractivity (Wildman–Crippen MR) is 109 cm³/mol. The Morgan fingerprint density at radius 2 is 1.86 bits per heavy atom. The molecule has 7 heteroatoms. The molecule has 6 nitrogen and oxygen atoms in total. The van der Waals surface area contributed by atoms with Crippen LogP contribution in [0.2, 0.25) is 0 Å². The first kappa shape index (κ1) is 20.4. The highest BCUT2D eigenvalue weighted by molar-refractivity contribution is 7.89. The van der Waals surface area contributed by atoms with Crippen LogP contribution in [0.15, 0.2) is 53.4 Å². The number of nitrogens with zero attached hydrogens (tertiary/aromatic N) is 1. The molecule has 0 bridgehead atoms. The molecule has 2 aromatic carbocycles. The van der Waals surface area contributed by atoms with Gasteiger partial charge in [0, 0.05) is 24.7 Å². The van der Waals surface area contributed by atoms with Crippen LogP contribution in [-0.2, 0) is 14.8 Å². The van der Waals surface area contributed by atoms with Gasteiger partial charge in [0.15, 0.2) is 0 Å². The van der Waals surface area contributed by atoms with E-state index in [1.807, 2.05) is 31.2 Å². The lowest BCUT2D eigenvalue weighted by Gasteiger charge is -2.34. The molecule has 150 valence electrons.